The van der Waals surface area contributed by atoms with Gasteiger partial charge in [0.2, 0.25) is 0 Å². The molecule has 5 rings (SSSR count). The highest BCUT2D eigenvalue weighted by molar-refractivity contribution is 5.95. The highest BCUT2D eigenvalue weighted by atomic mass is 16.3. The fourth-order valence-corrected chi connectivity index (χ4v) is 10.3. The summed E-state index contributed by atoms with van der Waals surface area (Å²) in [6.07, 6.45) is 12.4. The lowest BCUT2D eigenvalue weighted by Crippen LogP contribution is -2.66. The van der Waals surface area contributed by atoms with Crippen LogP contribution in [0.25, 0.3) is 0 Å². The standard InChI is InChI=1S/C30H48O2/c1-25(2)13-14-27(5)15-16-29(7)19(20(27)18-25)17-21(31)24-28(6)11-10-23(32)26(3,4)22(28)9-12-30(24,29)8/h17,20,22-24,32H,9-16,18H2,1-8H3/t20-,22?,23-,24?,27+,28-,29+,30+/m0/s1. The molecule has 1 N–H and O–H groups in total. The van der Waals surface area contributed by atoms with E-state index in [0.29, 0.717) is 28.4 Å². The van der Waals surface area contributed by atoms with E-state index in [0.717, 1.165) is 25.7 Å². The number of allylic oxidation sites excluding steroid dienone is 2. The van der Waals surface area contributed by atoms with Crippen molar-refractivity contribution in [3.8, 4) is 0 Å². The van der Waals surface area contributed by atoms with Crippen molar-refractivity contribution in [1.82, 2.24) is 0 Å². The van der Waals surface area contributed by atoms with Gasteiger partial charge in [-0.15, -0.1) is 0 Å². The number of aliphatic hydroxyl groups is 1. The van der Waals surface area contributed by atoms with Gasteiger partial charge in [0.25, 0.3) is 0 Å². The van der Waals surface area contributed by atoms with Gasteiger partial charge in [-0.3, -0.25) is 4.79 Å². The van der Waals surface area contributed by atoms with Gasteiger partial charge in [0.1, 0.15) is 0 Å². The molecule has 5 aliphatic carbocycles. The van der Waals surface area contributed by atoms with E-state index in [4.69, 9.17) is 0 Å². The van der Waals surface area contributed by atoms with Crippen molar-refractivity contribution in [2.45, 2.75) is 119 Å². The van der Waals surface area contributed by atoms with Crippen molar-refractivity contribution in [2.75, 3.05) is 0 Å². The van der Waals surface area contributed by atoms with Crippen LogP contribution in [0.4, 0.5) is 0 Å². The first-order valence-electron chi connectivity index (χ1n) is 13.5. The normalized spacial score (nSPS) is 53.9. The van der Waals surface area contributed by atoms with Crippen LogP contribution in [-0.4, -0.2) is 17.0 Å². The van der Waals surface area contributed by atoms with E-state index in [1.807, 2.05) is 0 Å². The summed E-state index contributed by atoms with van der Waals surface area (Å²) in [5, 5.41) is 10.9. The minimum Gasteiger partial charge on any atom is -0.393 e. The van der Waals surface area contributed by atoms with Gasteiger partial charge in [-0.2, -0.15) is 0 Å². The van der Waals surface area contributed by atoms with Gasteiger partial charge in [-0.25, -0.2) is 0 Å². The molecule has 2 nitrogen and oxygen atoms in total. The van der Waals surface area contributed by atoms with Gasteiger partial charge in [0.05, 0.1) is 6.10 Å². The third-order valence-electron chi connectivity index (χ3n) is 12.8. The number of rotatable bonds is 0. The largest absolute Gasteiger partial charge is 0.393 e. The van der Waals surface area contributed by atoms with E-state index >= 15 is 0 Å². The zero-order valence-electron chi connectivity index (χ0n) is 22.1. The predicted octanol–water partition coefficient (Wildman–Crippen LogP) is 7.35. The first-order valence-corrected chi connectivity index (χ1v) is 13.5. The third-order valence-corrected chi connectivity index (χ3v) is 12.8. The Balaban J connectivity index is 1.63. The molecular formula is C30H48O2. The van der Waals surface area contributed by atoms with Crippen LogP contribution in [0, 0.1) is 50.2 Å². The predicted molar refractivity (Wildman–Crippen MR) is 131 cm³/mol. The van der Waals surface area contributed by atoms with Crippen molar-refractivity contribution in [2.24, 2.45) is 50.2 Å². The van der Waals surface area contributed by atoms with Crippen LogP contribution in [0.3, 0.4) is 0 Å². The van der Waals surface area contributed by atoms with E-state index in [2.05, 4.69) is 61.5 Å². The summed E-state index contributed by atoms with van der Waals surface area (Å²) in [5.41, 5.74) is 2.29. The van der Waals surface area contributed by atoms with Crippen molar-refractivity contribution >= 4 is 5.78 Å². The zero-order chi connectivity index (χ0) is 23.5. The molecule has 32 heavy (non-hydrogen) atoms. The van der Waals surface area contributed by atoms with Crippen molar-refractivity contribution < 1.29 is 9.90 Å². The highest BCUT2D eigenvalue weighted by Gasteiger charge is 2.69. The molecule has 180 valence electrons. The molecule has 8 atom stereocenters. The molecule has 0 heterocycles. The summed E-state index contributed by atoms with van der Waals surface area (Å²) < 4.78 is 0. The average Bonchev–Trinajstić information content (AvgIpc) is 2.68. The molecule has 0 radical (unpaired) electrons. The van der Waals surface area contributed by atoms with Crippen LogP contribution in [-0.2, 0) is 4.79 Å². The van der Waals surface area contributed by atoms with E-state index < -0.39 is 0 Å². The van der Waals surface area contributed by atoms with Gasteiger partial charge in [-0.05, 0) is 108 Å². The topological polar surface area (TPSA) is 37.3 Å². The lowest BCUT2D eigenvalue weighted by molar-refractivity contribution is -0.202. The van der Waals surface area contributed by atoms with Gasteiger partial charge in [0, 0.05) is 5.92 Å². The number of carbonyl (C=O) groups is 1. The quantitative estimate of drug-likeness (QED) is 0.427. The molecule has 0 saturated heterocycles. The fourth-order valence-electron chi connectivity index (χ4n) is 10.3. The monoisotopic (exact) mass is 440 g/mol. The molecule has 0 aliphatic heterocycles. The molecule has 0 aromatic carbocycles. The maximum atomic E-state index is 14.2. The van der Waals surface area contributed by atoms with E-state index in [-0.39, 0.29) is 33.7 Å². The molecule has 0 aromatic heterocycles. The number of aliphatic hydroxyl groups excluding tert-OH is 1. The Morgan fingerprint density at radius 2 is 1.50 bits per heavy atom. The second-order valence-electron chi connectivity index (χ2n) is 15.2. The molecule has 2 unspecified atom stereocenters. The summed E-state index contributed by atoms with van der Waals surface area (Å²) in [6.45, 7) is 19.4. The van der Waals surface area contributed by atoms with Gasteiger partial charge in [-0.1, -0.05) is 61.0 Å². The summed E-state index contributed by atoms with van der Waals surface area (Å²) in [4.78, 5) is 14.2. The molecule has 4 saturated carbocycles. The molecule has 0 spiro atoms. The van der Waals surface area contributed by atoms with Gasteiger partial charge < -0.3 is 5.11 Å². The first kappa shape index (κ1) is 23.1. The Kier molecular flexibility index (Phi) is 4.71. The summed E-state index contributed by atoms with van der Waals surface area (Å²) in [5.74, 6) is 1.49. The van der Waals surface area contributed by atoms with Gasteiger partial charge in [0.15, 0.2) is 5.78 Å². The molecule has 0 bridgehead atoms. The van der Waals surface area contributed by atoms with Gasteiger partial charge >= 0.3 is 0 Å². The fraction of sp³-hybridized carbons (Fsp3) is 0.900. The Hall–Kier alpha value is -0.630. The Morgan fingerprint density at radius 3 is 2.19 bits per heavy atom. The minimum atomic E-state index is -0.245. The van der Waals surface area contributed by atoms with E-state index in [1.54, 1.807) is 0 Å². The van der Waals surface area contributed by atoms with Crippen LogP contribution in [0.2, 0.25) is 0 Å². The lowest BCUT2D eigenvalue weighted by Gasteiger charge is -2.70. The molecule has 2 heteroatoms. The van der Waals surface area contributed by atoms with E-state index in [1.165, 1.54) is 37.7 Å². The first-order chi connectivity index (χ1) is 14.6. The van der Waals surface area contributed by atoms with Crippen LogP contribution in [0.15, 0.2) is 11.6 Å². The molecular weight excluding hydrogens is 392 g/mol. The minimum absolute atomic E-state index is 0.00948. The Labute approximate surface area is 197 Å². The highest BCUT2D eigenvalue weighted by Crippen LogP contribution is 2.75. The van der Waals surface area contributed by atoms with E-state index in [9.17, 15) is 9.90 Å². The maximum Gasteiger partial charge on any atom is 0.159 e. The van der Waals surface area contributed by atoms with Crippen LogP contribution in [0.1, 0.15) is 113 Å². The van der Waals surface area contributed by atoms with Crippen LogP contribution >= 0.6 is 0 Å². The SMILES string of the molecule is CC1(C)CC[C@]2(C)CC[C@]3(C)C(=CC(=O)C4[C@@]5(C)CC[C@H](O)C(C)(C)C5CC[C@]43C)[C@@H]2C1. The molecule has 5 aliphatic rings. The summed E-state index contributed by atoms with van der Waals surface area (Å²) >= 11 is 0. The average molecular weight is 441 g/mol. The van der Waals surface area contributed by atoms with Crippen LogP contribution < -0.4 is 0 Å². The third kappa shape index (κ3) is 2.71. The lowest BCUT2D eigenvalue weighted by atomic mass is 9.33. The number of carbonyl (C=O) groups excluding carboxylic acids is 1. The van der Waals surface area contributed by atoms with Crippen molar-refractivity contribution in [1.29, 1.82) is 0 Å². The Morgan fingerprint density at radius 1 is 0.844 bits per heavy atom. The smallest absolute Gasteiger partial charge is 0.159 e. The second kappa shape index (κ2) is 6.52. The Bertz CT molecular complexity index is 866. The summed E-state index contributed by atoms with van der Waals surface area (Å²) in [6, 6.07) is 0. The van der Waals surface area contributed by atoms with Crippen molar-refractivity contribution in [3.05, 3.63) is 11.6 Å². The number of fused-ring (bicyclic) bond motifs is 7. The summed E-state index contributed by atoms with van der Waals surface area (Å²) in [7, 11) is 0. The zero-order valence-corrected chi connectivity index (χ0v) is 22.1. The molecule has 4 fully saturated rings. The number of hydrogen-bond acceptors (Lipinski definition) is 2. The molecule has 0 amide bonds. The number of ketones is 1. The maximum absolute atomic E-state index is 14.2. The number of hydrogen-bond donors (Lipinski definition) is 1. The van der Waals surface area contributed by atoms with Crippen LogP contribution in [0.5, 0.6) is 0 Å². The van der Waals surface area contributed by atoms with Crippen molar-refractivity contribution in [3.63, 3.8) is 0 Å². The molecule has 0 aromatic rings. The second-order valence-corrected chi connectivity index (χ2v) is 15.2.